The van der Waals surface area contributed by atoms with Gasteiger partial charge in [-0.2, -0.15) is 0 Å². The summed E-state index contributed by atoms with van der Waals surface area (Å²) in [5.74, 6) is -0.476. The lowest BCUT2D eigenvalue weighted by Gasteiger charge is -2.26. The molecule has 0 spiro atoms. The molecule has 5 nitrogen and oxygen atoms in total. The number of hydrogen-bond acceptors (Lipinski definition) is 5. The Morgan fingerprint density at radius 2 is 1.46 bits per heavy atom. The quantitative estimate of drug-likeness (QED) is 0.339. The lowest BCUT2D eigenvalue weighted by Crippen LogP contribution is -2.44. The number of aliphatic hydroxyl groups excluding tert-OH is 5. The molecular formula is C8H18O5. The summed E-state index contributed by atoms with van der Waals surface area (Å²) < 4.78 is 0. The van der Waals surface area contributed by atoms with Crippen molar-refractivity contribution in [2.24, 2.45) is 5.92 Å². The van der Waals surface area contributed by atoms with Crippen LogP contribution in [0.25, 0.3) is 0 Å². The Kier molecular flexibility index (Phi) is 6.19. The standard InChI is InChI=1S/C8H18O5/c1-2-5(3-9)7(12)8(13)6(11)4-10/h5-13H,2-4H2,1H3/t5?,6?,7-,8-/m1/s1. The maximum Gasteiger partial charge on any atom is 0.108 e. The molecule has 0 aliphatic rings. The Labute approximate surface area is 77.3 Å². The highest BCUT2D eigenvalue weighted by Gasteiger charge is 2.29. The highest BCUT2D eigenvalue weighted by molar-refractivity contribution is 4.79. The second-order valence-electron chi connectivity index (χ2n) is 3.08. The van der Waals surface area contributed by atoms with Crippen LogP contribution in [0.4, 0.5) is 0 Å². The van der Waals surface area contributed by atoms with Crippen molar-refractivity contribution in [2.45, 2.75) is 31.7 Å². The molecule has 0 aliphatic heterocycles. The molecule has 0 fully saturated rings. The summed E-state index contributed by atoms with van der Waals surface area (Å²) in [5.41, 5.74) is 0. The molecule has 0 rings (SSSR count). The van der Waals surface area contributed by atoms with Gasteiger partial charge in [0.25, 0.3) is 0 Å². The summed E-state index contributed by atoms with van der Waals surface area (Å²) in [6.45, 7) is 0.884. The molecule has 0 radical (unpaired) electrons. The Morgan fingerprint density at radius 1 is 0.923 bits per heavy atom. The van der Waals surface area contributed by atoms with Gasteiger partial charge in [0.15, 0.2) is 0 Å². The first-order valence-electron chi connectivity index (χ1n) is 4.34. The van der Waals surface area contributed by atoms with Gasteiger partial charge in [0.2, 0.25) is 0 Å². The van der Waals surface area contributed by atoms with E-state index in [2.05, 4.69) is 0 Å². The first kappa shape index (κ1) is 12.8. The van der Waals surface area contributed by atoms with E-state index in [1.807, 2.05) is 0 Å². The number of rotatable bonds is 6. The van der Waals surface area contributed by atoms with Crippen molar-refractivity contribution in [3.05, 3.63) is 0 Å². The van der Waals surface area contributed by atoms with E-state index >= 15 is 0 Å². The minimum Gasteiger partial charge on any atom is -0.396 e. The van der Waals surface area contributed by atoms with Gasteiger partial charge < -0.3 is 25.5 Å². The van der Waals surface area contributed by atoms with Crippen molar-refractivity contribution in [2.75, 3.05) is 13.2 Å². The van der Waals surface area contributed by atoms with Gasteiger partial charge in [-0.25, -0.2) is 0 Å². The zero-order valence-corrected chi connectivity index (χ0v) is 7.67. The number of aliphatic hydroxyl groups is 5. The summed E-state index contributed by atoms with van der Waals surface area (Å²) in [6, 6.07) is 0. The molecule has 0 aliphatic carbocycles. The maximum absolute atomic E-state index is 9.40. The van der Waals surface area contributed by atoms with Crippen molar-refractivity contribution in [3.8, 4) is 0 Å². The minimum atomic E-state index is -1.41. The Hall–Kier alpha value is -0.200. The van der Waals surface area contributed by atoms with Gasteiger partial charge in [-0.3, -0.25) is 0 Å². The largest absolute Gasteiger partial charge is 0.396 e. The lowest BCUT2D eigenvalue weighted by atomic mass is 9.93. The molecule has 0 amide bonds. The van der Waals surface area contributed by atoms with E-state index in [-0.39, 0.29) is 6.61 Å². The molecule has 4 atom stereocenters. The van der Waals surface area contributed by atoms with E-state index in [0.717, 1.165) is 0 Å². The molecule has 5 N–H and O–H groups in total. The summed E-state index contributed by atoms with van der Waals surface area (Å²) in [4.78, 5) is 0. The molecular weight excluding hydrogens is 176 g/mol. The molecule has 80 valence electrons. The van der Waals surface area contributed by atoms with Gasteiger partial charge in [0, 0.05) is 12.5 Å². The van der Waals surface area contributed by atoms with Gasteiger partial charge >= 0.3 is 0 Å². The van der Waals surface area contributed by atoms with E-state index in [0.29, 0.717) is 6.42 Å². The zero-order chi connectivity index (χ0) is 10.4. The van der Waals surface area contributed by atoms with Gasteiger partial charge in [-0.15, -0.1) is 0 Å². The lowest BCUT2D eigenvalue weighted by molar-refractivity contribution is -0.101. The van der Waals surface area contributed by atoms with Crippen LogP contribution in [-0.2, 0) is 0 Å². The van der Waals surface area contributed by atoms with Gasteiger partial charge in [-0.05, 0) is 6.42 Å². The fraction of sp³-hybridized carbons (Fsp3) is 1.00. The van der Waals surface area contributed by atoms with E-state index in [1.54, 1.807) is 6.92 Å². The first-order chi connectivity index (χ1) is 6.08. The SMILES string of the molecule is CCC(CO)[C@@H](O)[C@H](O)C(O)CO. The molecule has 0 aromatic rings. The van der Waals surface area contributed by atoms with E-state index in [9.17, 15) is 10.2 Å². The van der Waals surface area contributed by atoms with Gasteiger partial charge in [0.05, 0.1) is 12.7 Å². The van der Waals surface area contributed by atoms with Crippen LogP contribution in [0.15, 0.2) is 0 Å². The van der Waals surface area contributed by atoms with Crippen LogP contribution in [-0.4, -0.2) is 57.1 Å². The van der Waals surface area contributed by atoms with Crippen LogP contribution in [0.3, 0.4) is 0 Å². The number of hydrogen-bond donors (Lipinski definition) is 5. The predicted octanol–water partition coefficient (Wildman–Crippen LogP) is -1.92. The van der Waals surface area contributed by atoms with E-state index < -0.39 is 30.8 Å². The highest BCUT2D eigenvalue weighted by atomic mass is 16.4. The van der Waals surface area contributed by atoms with E-state index in [4.69, 9.17) is 15.3 Å². The molecule has 0 heterocycles. The van der Waals surface area contributed by atoms with Crippen LogP contribution in [0.5, 0.6) is 0 Å². The fourth-order valence-corrected chi connectivity index (χ4v) is 1.09. The summed E-state index contributed by atoms with van der Waals surface area (Å²) in [7, 11) is 0. The molecule has 0 bridgehead atoms. The third kappa shape index (κ3) is 3.58. The minimum absolute atomic E-state index is 0.257. The third-order valence-electron chi connectivity index (χ3n) is 2.17. The second-order valence-corrected chi connectivity index (χ2v) is 3.08. The molecule has 0 aromatic carbocycles. The second kappa shape index (κ2) is 6.28. The molecule has 0 aromatic heterocycles. The highest BCUT2D eigenvalue weighted by Crippen LogP contribution is 2.13. The van der Waals surface area contributed by atoms with Crippen molar-refractivity contribution in [1.82, 2.24) is 0 Å². The van der Waals surface area contributed by atoms with Crippen molar-refractivity contribution in [1.29, 1.82) is 0 Å². The van der Waals surface area contributed by atoms with Crippen molar-refractivity contribution in [3.63, 3.8) is 0 Å². The summed E-state index contributed by atoms with van der Waals surface area (Å²) >= 11 is 0. The average Bonchev–Trinajstić information content (AvgIpc) is 2.17. The summed E-state index contributed by atoms with van der Waals surface area (Å²) in [6.07, 6.45) is -3.50. The monoisotopic (exact) mass is 194 g/mol. The smallest absolute Gasteiger partial charge is 0.108 e. The summed E-state index contributed by atoms with van der Waals surface area (Å²) in [5, 5.41) is 44.9. The van der Waals surface area contributed by atoms with Crippen molar-refractivity contribution >= 4 is 0 Å². The molecule has 5 heteroatoms. The molecule has 13 heavy (non-hydrogen) atoms. The Morgan fingerprint density at radius 3 is 1.77 bits per heavy atom. The molecule has 0 saturated heterocycles. The van der Waals surface area contributed by atoms with Crippen LogP contribution in [0.1, 0.15) is 13.3 Å². The average molecular weight is 194 g/mol. The zero-order valence-electron chi connectivity index (χ0n) is 7.67. The normalized spacial score (nSPS) is 20.8. The van der Waals surface area contributed by atoms with Gasteiger partial charge in [-0.1, -0.05) is 6.92 Å². The Balaban J connectivity index is 4.13. The maximum atomic E-state index is 9.40. The van der Waals surface area contributed by atoms with Crippen LogP contribution < -0.4 is 0 Å². The molecule has 2 unspecified atom stereocenters. The van der Waals surface area contributed by atoms with Crippen molar-refractivity contribution < 1.29 is 25.5 Å². The van der Waals surface area contributed by atoms with Crippen LogP contribution >= 0.6 is 0 Å². The topological polar surface area (TPSA) is 101 Å². The predicted molar refractivity (Wildman–Crippen MR) is 46.0 cm³/mol. The van der Waals surface area contributed by atoms with E-state index in [1.165, 1.54) is 0 Å². The third-order valence-corrected chi connectivity index (χ3v) is 2.17. The Bertz CT molecular complexity index is 126. The van der Waals surface area contributed by atoms with Crippen LogP contribution in [0.2, 0.25) is 0 Å². The first-order valence-corrected chi connectivity index (χ1v) is 4.34. The fourth-order valence-electron chi connectivity index (χ4n) is 1.09. The van der Waals surface area contributed by atoms with Crippen LogP contribution in [0, 0.1) is 5.92 Å². The molecule has 0 saturated carbocycles. The van der Waals surface area contributed by atoms with Gasteiger partial charge in [0.1, 0.15) is 12.2 Å².